The van der Waals surface area contributed by atoms with E-state index >= 15 is 0 Å². The van der Waals surface area contributed by atoms with Crippen LogP contribution in [0.25, 0.3) is 6.08 Å². The molecule has 0 radical (unpaired) electrons. The molecule has 0 spiro atoms. The quantitative estimate of drug-likeness (QED) is 0.677. The van der Waals surface area contributed by atoms with Crippen LogP contribution in [0.1, 0.15) is 12.5 Å². The highest BCUT2D eigenvalue weighted by Crippen LogP contribution is 2.31. The van der Waals surface area contributed by atoms with E-state index in [2.05, 4.69) is 15.4 Å². The lowest BCUT2D eigenvalue weighted by atomic mass is 10.2. The van der Waals surface area contributed by atoms with Crippen LogP contribution in [0.4, 0.5) is 14.5 Å². The van der Waals surface area contributed by atoms with Crippen LogP contribution >= 0.6 is 0 Å². The molecule has 0 heterocycles. The third-order valence-corrected chi connectivity index (χ3v) is 3.63. The first-order valence-corrected chi connectivity index (χ1v) is 8.36. The molecule has 0 fully saturated rings. The van der Waals surface area contributed by atoms with Gasteiger partial charge in [0.05, 0.1) is 7.11 Å². The Bertz CT molecular complexity index is 841. The van der Waals surface area contributed by atoms with Gasteiger partial charge in [0.25, 0.3) is 0 Å². The first-order chi connectivity index (χ1) is 13.4. The summed E-state index contributed by atoms with van der Waals surface area (Å²) < 4.78 is 34.3. The fourth-order valence-corrected chi connectivity index (χ4v) is 2.26. The van der Waals surface area contributed by atoms with Crippen LogP contribution in [-0.4, -0.2) is 31.6 Å². The number of carbonyl (C=O) groups excluding carboxylic acids is 2. The fourth-order valence-electron chi connectivity index (χ4n) is 2.26. The van der Waals surface area contributed by atoms with Crippen LogP contribution in [0.2, 0.25) is 0 Å². The summed E-state index contributed by atoms with van der Waals surface area (Å²) in [6, 6.07) is 12.4. The summed E-state index contributed by atoms with van der Waals surface area (Å²) >= 11 is 0. The number of halogens is 2. The minimum Gasteiger partial charge on any atom is -0.493 e. The van der Waals surface area contributed by atoms with Crippen molar-refractivity contribution in [2.24, 2.45) is 0 Å². The number of amides is 2. The third-order valence-electron chi connectivity index (χ3n) is 3.63. The molecule has 2 aromatic carbocycles. The molecule has 1 unspecified atom stereocenters. The van der Waals surface area contributed by atoms with E-state index in [9.17, 15) is 18.4 Å². The molecule has 2 amide bonds. The van der Waals surface area contributed by atoms with E-state index < -0.39 is 24.5 Å². The number of benzene rings is 2. The van der Waals surface area contributed by atoms with Gasteiger partial charge in [0, 0.05) is 17.8 Å². The van der Waals surface area contributed by atoms with Crippen molar-refractivity contribution in [2.75, 3.05) is 12.4 Å². The average Bonchev–Trinajstić information content (AvgIpc) is 2.67. The first-order valence-electron chi connectivity index (χ1n) is 8.36. The molecule has 1 atom stereocenters. The van der Waals surface area contributed by atoms with E-state index in [4.69, 9.17) is 4.74 Å². The van der Waals surface area contributed by atoms with Gasteiger partial charge in [-0.2, -0.15) is 8.78 Å². The third kappa shape index (κ3) is 6.39. The fraction of sp³-hybridized carbons (Fsp3) is 0.200. The van der Waals surface area contributed by atoms with Gasteiger partial charge in [0.2, 0.25) is 11.8 Å². The van der Waals surface area contributed by atoms with Gasteiger partial charge in [-0.3, -0.25) is 9.59 Å². The summed E-state index contributed by atoms with van der Waals surface area (Å²) in [5, 5.41) is 5.05. The molecule has 0 aliphatic carbocycles. The summed E-state index contributed by atoms with van der Waals surface area (Å²) in [7, 11) is 1.31. The molecule has 28 heavy (non-hydrogen) atoms. The second-order valence-electron chi connectivity index (χ2n) is 5.71. The van der Waals surface area contributed by atoms with Crippen molar-refractivity contribution < 1.29 is 27.8 Å². The summed E-state index contributed by atoms with van der Waals surface area (Å²) in [6.07, 6.45) is 2.94. The molecule has 0 aliphatic heterocycles. The number of hydrogen-bond acceptors (Lipinski definition) is 4. The van der Waals surface area contributed by atoms with Crippen molar-refractivity contribution in [3.05, 3.63) is 60.2 Å². The van der Waals surface area contributed by atoms with E-state index in [0.29, 0.717) is 0 Å². The summed E-state index contributed by atoms with van der Waals surface area (Å²) in [5.41, 5.74) is 1.07. The van der Waals surface area contributed by atoms with Gasteiger partial charge in [-0.05, 0) is 30.7 Å². The lowest BCUT2D eigenvalue weighted by molar-refractivity contribution is -0.123. The SMILES string of the molecule is COc1ccc(NC(=O)C(C)NC(=O)/C=C/c2ccccc2)cc1OC(F)F. The van der Waals surface area contributed by atoms with E-state index in [1.165, 1.54) is 38.3 Å². The Labute approximate surface area is 161 Å². The zero-order valence-electron chi connectivity index (χ0n) is 15.3. The van der Waals surface area contributed by atoms with Gasteiger partial charge < -0.3 is 20.1 Å². The minimum atomic E-state index is -3.03. The van der Waals surface area contributed by atoms with Gasteiger partial charge in [-0.15, -0.1) is 0 Å². The predicted octanol–water partition coefficient (Wildman–Crippen LogP) is 3.45. The van der Waals surface area contributed by atoms with Crippen molar-refractivity contribution in [1.29, 1.82) is 0 Å². The number of hydrogen-bond donors (Lipinski definition) is 2. The zero-order chi connectivity index (χ0) is 20.5. The number of anilines is 1. The lowest BCUT2D eigenvalue weighted by Gasteiger charge is -2.15. The average molecular weight is 390 g/mol. The maximum Gasteiger partial charge on any atom is 0.387 e. The van der Waals surface area contributed by atoms with Crippen molar-refractivity contribution >= 4 is 23.6 Å². The van der Waals surface area contributed by atoms with Crippen molar-refractivity contribution in [3.8, 4) is 11.5 Å². The number of alkyl halides is 2. The summed E-state index contributed by atoms with van der Waals surface area (Å²) in [4.78, 5) is 24.2. The van der Waals surface area contributed by atoms with Crippen LogP contribution in [0, 0.1) is 0 Å². The van der Waals surface area contributed by atoms with E-state index in [1.807, 2.05) is 30.3 Å². The molecule has 2 aromatic rings. The van der Waals surface area contributed by atoms with Crippen molar-refractivity contribution in [1.82, 2.24) is 5.32 Å². The minimum absolute atomic E-state index is 0.102. The number of rotatable bonds is 8. The Morgan fingerprint density at radius 3 is 2.43 bits per heavy atom. The highest BCUT2D eigenvalue weighted by Gasteiger charge is 2.16. The maximum absolute atomic E-state index is 12.5. The second-order valence-corrected chi connectivity index (χ2v) is 5.71. The number of methoxy groups -OCH3 is 1. The van der Waals surface area contributed by atoms with Gasteiger partial charge in [-0.25, -0.2) is 0 Å². The van der Waals surface area contributed by atoms with Crippen LogP contribution in [0.15, 0.2) is 54.6 Å². The Morgan fingerprint density at radius 1 is 1.07 bits per heavy atom. The molecule has 0 bridgehead atoms. The van der Waals surface area contributed by atoms with Gasteiger partial charge in [0.1, 0.15) is 6.04 Å². The van der Waals surface area contributed by atoms with E-state index in [-0.39, 0.29) is 17.2 Å². The molecule has 148 valence electrons. The lowest BCUT2D eigenvalue weighted by Crippen LogP contribution is -2.40. The summed E-state index contributed by atoms with van der Waals surface area (Å²) in [5.74, 6) is -1.07. The predicted molar refractivity (Wildman–Crippen MR) is 101 cm³/mol. The number of carbonyl (C=O) groups is 2. The Kier molecular flexibility index (Phi) is 7.50. The number of nitrogens with one attached hydrogen (secondary N) is 2. The van der Waals surface area contributed by atoms with Crippen LogP contribution in [-0.2, 0) is 9.59 Å². The molecule has 0 saturated carbocycles. The highest BCUT2D eigenvalue weighted by atomic mass is 19.3. The van der Waals surface area contributed by atoms with Gasteiger partial charge in [0.15, 0.2) is 11.5 Å². The molecule has 2 N–H and O–H groups in total. The number of ether oxygens (including phenoxy) is 2. The topological polar surface area (TPSA) is 76.7 Å². The van der Waals surface area contributed by atoms with E-state index in [0.717, 1.165) is 5.56 Å². The molecule has 8 heteroatoms. The van der Waals surface area contributed by atoms with Crippen LogP contribution in [0.5, 0.6) is 11.5 Å². The standard InChI is InChI=1S/C20H20F2N2O4/c1-13(23-18(25)11-8-14-6-4-3-5-7-14)19(26)24-15-9-10-16(27-2)17(12-15)28-20(21)22/h3-13,20H,1-2H3,(H,23,25)(H,24,26)/b11-8+. The summed E-state index contributed by atoms with van der Waals surface area (Å²) in [6.45, 7) is -1.53. The molecule has 0 aromatic heterocycles. The van der Waals surface area contributed by atoms with E-state index in [1.54, 1.807) is 6.08 Å². The molecule has 2 rings (SSSR count). The smallest absolute Gasteiger partial charge is 0.387 e. The van der Waals surface area contributed by atoms with Crippen molar-refractivity contribution in [2.45, 2.75) is 19.6 Å². The largest absolute Gasteiger partial charge is 0.493 e. The Hall–Kier alpha value is -3.42. The molecule has 6 nitrogen and oxygen atoms in total. The Morgan fingerprint density at radius 2 is 1.79 bits per heavy atom. The second kappa shape index (κ2) is 10.1. The first kappa shape index (κ1) is 20.9. The van der Waals surface area contributed by atoms with Crippen LogP contribution in [0.3, 0.4) is 0 Å². The maximum atomic E-state index is 12.5. The molecule has 0 saturated heterocycles. The monoisotopic (exact) mass is 390 g/mol. The molecular formula is C20H20F2N2O4. The highest BCUT2D eigenvalue weighted by molar-refractivity contribution is 5.99. The normalized spacial score (nSPS) is 11.9. The molecular weight excluding hydrogens is 370 g/mol. The molecule has 0 aliphatic rings. The van der Waals surface area contributed by atoms with Crippen molar-refractivity contribution in [3.63, 3.8) is 0 Å². The van der Waals surface area contributed by atoms with Gasteiger partial charge in [-0.1, -0.05) is 30.3 Å². The Balaban J connectivity index is 1.96. The van der Waals surface area contributed by atoms with Gasteiger partial charge >= 0.3 is 6.61 Å². The zero-order valence-corrected chi connectivity index (χ0v) is 15.3. The van der Waals surface area contributed by atoms with Crippen LogP contribution < -0.4 is 20.1 Å².